The molecule has 0 atom stereocenters. The Morgan fingerprint density at radius 2 is 1.16 bits per heavy atom. The smallest absolute Gasteiger partial charge is 0.203 e. The van der Waals surface area contributed by atoms with E-state index in [0.717, 1.165) is 20.2 Å². The normalized spacial score (nSPS) is 12.0. The molecule has 0 aliphatic rings. The van der Waals surface area contributed by atoms with Gasteiger partial charge in [-0.05, 0) is 47.4 Å². The van der Waals surface area contributed by atoms with Gasteiger partial charge in [-0.2, -0.15) is 0 Å². The summed E-state index contributed by atoms with van der Waals surface area (Å²) in [5.41, 5.74) is 1.61. The van der Waals surface area contributed by atoms with E-state index in [1.54, 1.807) is 0 Å². The highest BCUT2D eigenvalue weighted by molar-refractivity contribution is 7.49. The van der Waals surface area contributed by atoms with E-state index in [1.807, 2.05) is 36.4 Å². The van der Waals surface area contributed by atoms with Gasteiger partial charge in [0.05, 0.1) is 10.8 Å². The van der Waals surface area contributed by atoms with Crippen LogP contribution in [0.1, 0.15) is 26.3 Å². The van der Waals surface area contributed by atoms with Crippen LogP contribution in [-0.2, 0) is 5.41 Å². The van der Waals surface area contributed by atoms with Gasteiger partial charge in [0, 0.05) is 10.5 Å². The van der Waals surface area contributed by atoms with Crippen LogP contribution in [0.15, 0.2) is 77.6 Å². The second-order valence-electron chi connectivity index (χ2n) is 7.40. The Balaban J connectivity index is 2.09. The molecule has 124 valence electrons. The van der Waals surface area contributed by atoms with E-state index in [0.29, 0.717) is 0 Å². The van der Waals surface area contributed by atoms with Crippen LogP contribution in [0.2, 0.25) is 0 Å². The van der Waals surface area contributed by atoms with Crippen molar-refractivity contribution in [2.24, 2.45) is 0 Å². The number of rotatable bonds is 1. The minimum absolute atomic E-state index is 0.139. The molecular weight excluding hydrogens is 324 g/mol. The summed E-state index contributed by atoms with van der Waals surface area (Å²) in [4.78, 5) is 14.1. The van der Waals surface area contributed by atoms with Crippen molar-refractivity contribution in [1.82, 2.24) is 0 Å². The fourth-order valence-corrected chi connectivity index (χ4v) is 5.62. The highest BCUT2D eigenvalue weighted by atomic mass is 32.2. The first kappa shape index (κ1) is 16.0. The summed E-state index contributed by atoms with van der Waals surface area (Å²) in [6.45, 7) is 6.69. The molecule has 0 spiro atoms. The Kier molecular flexibility index (Phi) is 3.73. The number of fused-ring (bicyclic) bond motifs is 2. The lowest BCUT2D eigenvalue weighted by molar-refractivity contribution is 0.590. The van der Waals surface area contributed by atoms with Crippen molar-refractivity contribution in [3.05, 3.63) is 88.6 Å². The molecule has 0 bridgehead atoms. The molecule has 0 unspecified atom stereocenters. The summed E-state index contributed by atoms with van der Waals surface area (Å²) < 4.78 is 2.27. The van der Waals surface area contributed by atoms with Gasteiger partial charge in [0.2, 0.25) is 5.43 Å². The molecule has 4 rings (SSSR count). The van der Waals surface area contributed by atoms with Gasteiger partial charge in [-0.3, -0.25) is 4.79 Å². The maximum absolute atomic E-state index is 12.9. The van der Waals surface area contributed by atoms with Crippen LogP contribution >= 0.6 is 10.5 Å². The molecule has 0 saturated heterocycles. The molecule has 3 aromatic carbocycles. The molecule has 0 aliphatic carbocycles. The third-order valence-electron chi connectivity index (χ3n) is 4.66. The average molecular weight is 345 g/mol. The van der Waals surface area contributed by atoms with Crippen LogP contribution < -0.4 is 5.43 Å². The predicted octanol–water partition coefficient (Wildman–Crippen LogP) is 6.39. The molecule has 0 saturated carbocycles. The lowest BCUT2D eigenvalue weighted by atomic mass is 9.87. The van der Waals surface area contributed by atoms with Gasteiger partial charge < -0.3 is 0 Å². The second kappa shape index (κ2) is 5.82. The Hall–Kier alpha value is -2.45. The summed E-state index contributed by atoms with van der Waals surface area (Å²) in [6, 6.07) is 25.0. The monoisotopic (exact) mass is 345 g/mol. The zero-order valence-corrected chi connectivity index (χ0v) is 15.6. The Labute approximate surface area is 150 Å². The van der Waals surface area contributed by atoms with Gasteiger partial charge in [-0.1, -0.05) is 57.2 Å². The minimum Gasteiger partial charge on any atom is -0.288 e. The largest absolute Gasteiger partial charge is 0.288 e. The van der Waals surface area contributed by atoms with Crippen molar-refractivity contribution in [3.8, 4) is 4.90 Å². The Morgan fingerprint density at radius 3 is 1.64 bits per heavy atom. The first-order valence-corrected chi connectivity index (χ1v) is 9.77. The van der Waals surface area contributed by atoms with Gasteiger partial charge >= 0.3 is 0 Å². The van der Waals surface area contributed by atoms with Crippen LogP contribution in [0.25, 0.3) is 25.1 Å². The third kappa shape index (κ3) is 2.67. The number of benzene rings is 3. The Bertz CT molecular complexity index is 1070. The van der Waals surface area contributed by atoms with E-state index in [4.69, 9.17) is 0 Å². The van der Waals surface area contributed by atoms with Crippen molar-refractivity contribution < 1.29 is 0 Å². The number of hydrogen-bond acceptors (Lipinski definition) is 1. The van der Waals surface area contributed by atoms with Crippen LogP contribution in [-0.4, -0.2) is 0 Å². The summed E-state index contributed by atoms with van der Waals surface area (Å²) in [5, 5.41) is 1.67. The highest BCUT2D eigenvalue weighted by Crippen LogP contribution is 2.43. The maximum atomic E-state index is 12.9. The van der Waals surface area contributed by atoms with Gasteiger partial charge in [-0.15, -0.1) is 0 Å². The zero-order valence-electron chi connectivity index (χ0n) is 14.7. The molecule has 0 radical (unpaired) electrons. The topological polar surface area (TPSA) is 17.1 Å². The van der Waals surface area contributed by atoms with Crippen LogP contribution in [0.3, 0.4) is 0 Å². The van der Waals surface area contributed by atoms with Crippen molar-refractivity contribution >= 4 is 30.6 Å². The molecule has 25 heavy (non-hydrogen) atoms. The van der Waals surface area contributed by atoms with Gasteiger partial charge in [0.1, 0.15) is 0 Å². The highest BCUT2D eigenvalue weighted by Gasteiger charge is 2.23. The fourth-order valence-electron chi connectivity index (χ4n) is 3.27. The van der Waals surface area contributed by atoms with Gasteiger partial charge in [0.25, 0.3) is 0 Å². The quantitative estimate of drug-likeness (QED) is 0.288. The Morgan fingerprint density at radius 1 is 0.680 bits per heavy atom. The molecule has 1 nitrogen and oxygen atoms in total. The first-order chi connectivity index (χ1) is 12.0. The third-order valence-corrected chi connectivity index (χ3v) is 6.99. The molecular formula is C23H21OS+. The lowest BCUT2D eigenvalue weighted by Crippen LogP contribution is -2.10. The summed E-state index contributed by atoms with van der Waals surface area (Å²) in [6.07, 6.45) is 0. The molecule has 4 aromatic rings. The molecule has 2 heteroatoms. The van der Waals surface area contributed by atoms with Crippen LogP contribution in [0.5, 0.6) is 0 Å². The molecule has 1 heterocycles. The number of hydrogen-bond donors (Lipinski definition) is 0. The van der Waals surface area contributed by atoms with E-state index in [-0.39, 0.29) is 21.3 Å². The van der Waals surface area contributed by atoms with E-state index in [9.17, 15) is 4.79 Å². The van der Waals surface area contributed by atoms with Crippen LogP contribution in [0.4, 0.5) is 0 Å². The predicted molar refractivity (Wildman–Crippen MR) is 110 cm³/mol. The van der Waals surface area contributed by atoms with Crippen molar-refractivity contribution in [1.29, 1.82) is 0 Å². The summed E-state index contributed by atoms with van der Waals surface area (Å²) in [7, 11) is -0.235. The minimum atomic E-state index is -0.235. The maximum Gasteiger partial charge on any atom is 0.203 e. The second-order valence-corrected chi connectivity index (χ2v) is 9.37. The molecule has 1 aromatic heterocycles. The van der Waals surface area contributed by atoms with Crippen LogP contribution in [0, 0.1) is 0 Å². The van der Waals surface area contributed by atoms with Gasteiger partial charge in [-0.25, -0.2) is 0 Å². The van der Waals surface area contributed by atoms with Gasteiger partial charge in [0.15, 0.2) is 14.3 Å². The van der Waals surface area contributed by atoms with E-state index in [2.05, 4.69) is 57.2 Å². The van der Waals surface area contributed by atoms with Crippen molar-refractivity contribution in [3.63, 3.8) is 0 Å². The summed E-state index contributed by atoms with van der Waals surface area (Å²) >= 11 is 0. The molecule has 0 fully saturated rings. The first-order valence-electron chi connectivity index (χ1n) is 8.54. The fraction of sp³-hybridized carbons (Fsp3) is 0.174. The molecule has 0 amide bonds. The SMILES string of the molecule is CC(C)(C)c1ccc(-[s+]2c3ccccc3c(=O)c3ccccc32)cc1. The van der Waals surface area contributed by atoms with E-state index < -0.39 is 0 Å². The molecule has 0 N–H and O–H groups in total. The van der Waals surface area contributed by atoms with Crippen molar-refractivity contribution in [2.75, 3.05) is 0 Å². The molecule has 0 aliphatic heterocycles. The van der Waals surface area contributed by atoms with E-state index >= 15 is 0 Å². The average Bonchev–Trinajstić information content (AvgIpc) is 2.62. The van der Waals surface area contributed by atoms with Crippen molar-refractivity contribution in [2.45, 2.75) is 26.2 Å². The van der Waals surface area contributed by atoms with E-state index in [1.165, 1.54) is 10.5 Å². The standard InChI is InChI=1S/C23H21OS/c1-23(2,3)16-12-14-17(15-13-16)25-20-10-6-4-8-18(20)22(24)19-9-5-7-11-21(19)25/h4-15H,1-3H3/q+1. The zero-order chi connectivity index (χ0) is 17.6. The lowest BCUT2D eigenvalue weighted by Gasteiger charge is -2.18. The summed E-state index contributed by atoms with van der Waals surface area (Å²) in [5.74, 6) is 0.